The molecule has 3 nitrogen and oxygen atoms in total. The summed E-state index contributed by atoms with van der Waals surface area (Å²) in [6.45, 7) is 7.05. The molecule has 1 aliphatic heterocycles. The van der Waals surface area contributed by atoms with E-state index in [1.54, 1.807) is 0 Å². The largest absolute Gasteiger partial charge is 0.308 e. The summed E-state index contributed by atoms with van der Waals surface area (Å²) < 4.78 is 2.21. The summed E-state index contributed by atoms with van der Waals surface area (Å²) in [6.07, 6.45) is 0. The van der Waals surface area contributed by atoms with Crippen LogP contribution in [0.2, 0.25) is 0 Å². The minimum absolute atomic E-state index is 1.15. The van der Waals surface area contributed by atoms with Crippen molar-refractivity contribution in [2.75, 3.05) is 53.4 Å². The maximum Gasteiger partial charge on any atom is 0.0221 e. The van der Waals surface area contributed by atoms with E-state index in [0.29, 0.717) is 0 Å². The lowest BCUT2D eigenvalue weighted by Crippen LogP contribution is -2.44. The Labute approximate surface area is 83.6 Å². The predicted molar refractivity (Wildman–Crippen MR) is 55.5 cm³/mol. The molecule has 0 aliphatic carbocycles. The molecule has 0 unspecified atom stereocenters. The zero-order chi connectivity index (χ0) is 8.97. The Morgan fingerprint density at radius 2 is 1.75 bits per heavy atom. The Morgan fingerprint density at radius 3 is 2.25 bits per heavy atom. The number of rotatable bonds is 3. The molecule has 1 saturated heterocycles. The summed E-state index contributed by atoms with van der Waals surface area (Å²) in [6, 6.07) is 0. The van der Waals surface area contributed by atoms with E-state index in [-0.39, 0.29) is 0 Å². The molecule has 0 radical (unpaired) electrons. The van der Waals surface area contributed by atoms with E-state index in [1.807, 2.05) is 0 Å². The zero-order valence-electron chi connectivity index (χ0n) is 7.96. The second-order valence-corrected chi connectivity index (χ2v) is 4.56. The Hall–Kier alpha value is 0.360. The minimum Gasteiger partial charge on any atom is -0.308 e. The van der Waals surface area contributed by atoms with Crippen molar-refractivity contribution in [3.8, 4) is 0 Å². The monoisotopic (exact) mass is 235 g/mol. The maximum atomic E-state index is 3.49. The molecule has 0 aromatic heterocycles. The summed E-state index contributed by atoms with van der Waals surface area (Å²) in [5, 5.41) is 0. The standard InChI is InChI=1S/C8H18BrN3/c1-10(2)3-4-11-5-7-12(9)8-6-11/h3-8H2,1-2H3. The molecule has 12 heavy (non-hydrogen) atoms. The van der Waals surface area contributed by atoms with Crippen molar-refractivity contribution in [3.05, 3.63) is 0 Å². The molecule has 1 rings (SSSR count). The van der Waals surface area contributed by atoms with Gasteiger partial charge in [0.1, 0.15) is 0 Å². The first kappa shape index (κ1) is 10.4. The first-order valence-electron chi connectivity index (χ1n) is 4.46. The van der Waals surface area contributed by atoms with Crippen LogP contribution in [0.3, 0.4) is 0 Å². The molecule has 0 atom stereocenters. The fourth-order valence-electron chi connectivity index (χ4n) is 1.29. The summed E-state index contributed by atoms with van der Waals surface area (Å²) in [7, 11) is 4.25. The zero-order valence-corrected chi connectivity index (χ0v) is 9.55. The van der Waals surface area contributed by atoms with Gasteiger partial charge in [0.2, 0.25) is 0 Å². The lowest BCUT2D eigenvalue weighted by Gasteiger charge is -2.31. The smallest absolute Gasteiger partial charge is 0.0221 e. The van der Waals surface area contributed by atoms with Gasteiger partial charge in [0.05, 0.1) is 0 Å². The first-order chi connectivity index (χ1) is 5.68. The van der Waals surface area contributed by atoms with Gasteiger partial charge in [0.15, 0.2) is 0 Å². The first-order valence-corrected chi connectivity index (χ1v) is 5.17. The Kier molecular flexibility index (Phi) is 4.50. The number of hydrogen-bond donors (Lipinski definition) is 0. The van der Waals surface area contributed by atoms with Crippen molar-refractivity contribution >= 4 is 16.1 Å². The van der Waals surface area contributed by atoms with Crippen molar-refractivity contribution in [1.29, 1.82) is 0 Å². The fraction of sp³-hybridized carbons (Fsp3) is 1.00. The quantitative estimate of drug-likeness (QED) is 0.660. The molecule has 1 aliphatic rings. The third kappa shape index (κ3) is 3.85. The highest BCUT2D eigenvalue weighted by Gasteiger charge is 2.13. The molecule has 0 aromatic carbocycles. The van der Waals surface area contributed by atoms with Crippen LogP contribution in [0, 0.1) is 0 Å². The molecular formula is C8H18BrN3. The molecule has 0 bridgehead atoms. The van der Waals surface area contributed by atoms with Crippen LogP contribution in [-0.2, 0) is 0 Å². The Balaban J connectivity index is 2.09. The number of piperazine rings is 1. The van der Waals surface area contributed by atoms with E-state index in [9.17, 15) is 0 Å². The molecule has 0 saturated carbocycles. The normalized spacial score (nSPS) is 22.0. The van der Waals surface area contributed by atoms with E-state index in [0.717, 1.165) is 13.1 Å². The average molecular weight is 236 g/mol. The molecule has 4 heteroatoms. The van der Waals surface area contributed by atoms with E-state index in [1.165, 1.54) is 26.2 Å². The summed E-state index contributed by atoms with van der Waals surface area (Å²) >= 11 is 3.49. The molecule has 0 aromatic rings. The minimum atomic E-state index is 1.15. The van der Waals surface area contributed by atoms with Gasteiger partial charge in [-0.1, -0.05) is 0 Å². The van der Waals surface area contributed by atoms with Crippen LogP contribution in [0.25, 0.3) is 0 Å². The average Bonchev–Trinajstić information content (AvgIpc) is 2.03. The van der Waals surface area contributed by atoms with Gasteiger partial charge in [0.25, 0.3) is 0 Å². The van der Waals surface area contributed by atoms with Gasteiger partial charge in [0, 0.05) is 55.4 Å². The van der Waals surface area contributed by atoms with Gasteiger partial charge in [-0.25, -0.2) is 3.93 Å². The fourth-order valence-corrected chi connectivity index (χ4v) is 1.61. The van der Waals surface area contributed by atoms with Crippen LogP contribution in [0.4, 0.5) is 0 Å². The highest BCUT2D eigenvalue weighted by Crippen LogP contribution is 2.04. The lowest BCUT2D eigenvalue weighted by molar-refractivity contribution is 0.184. The number of nitrogens with zero attached hydrogens (tertiary/aromatic N) is 3. The molecule has 0 N–H and O–H groups in total. The van der Waals surface area contributed by atoms with E-state index in [4.69, 9.17) is 0 Å². The molecule has 1 fully saturated rings. The van der Waals surface area contributed by atoms with E-state index < -0.39 is 0 Å². The van der Waals surface area contributed by atoms with Crippen molar-refractivity contribution in [1.82, 2.24) is 13.7 Å². The van der Waals surface area contributed by atoms with Crippen LogP contribution >= 0.6 is 16.1 Å². The van der Waals surface area contributed by atoms with E-state index in [2.05, 4.69) is 44.0 Å². The third-order valence-electron chi connectivity index (χ3n) is 2.18. The van der Waals surface area contributed by atoms with Crippen molar-refractivity contribution in [2.24, 2.45) is 0 Å². The van der Waals surface area contributed by atoms with Crippen LogP contribution in [0.1, 0.15) is 0 Å². The number of halogens is 1. The maximum absolute atomic E-state index is 3.49. The number of likely N-dealkylation sites (N-methyl/N-ethyl adjacent to an activating group) is 1. The molecule has 0 amide bonds. The second kappa shape index (κ2) is 5.17. The molecule has 1 heterocycles. The lowest BCUT2D eigenvalue weighted by atomic mass is 10.3. The second-order valence-electron chi connectivity index (χ2n) is 3.55. The van der Waals surface area contributed by atoms with Crippen LogP contribution in [0.5, 0.6) is 0 Å². The van der Waals surface area contributed by atoms with Crippen molar-refractivity contribution in [3.63, 3.8) is 0 Å². The third-order valence-corrected chi connectivity index (χ3v) is 2.89. The van der Waals surface area contributed by atoms with Gasteiger partial charge in [-0.15, -0.1) is 0 Å². The van der Waals surface area contributed by atoms with Crippen LogP contribution in [-0.4, -0.2) is 67.1 Å². The SMILES string of the molecule is CN(C)CCN1CCN(Br)CC1. The highest BCUT2D eigenvalue weighted by atomic mass is 79.9. The molecule has 72 valence electrons. The van der Waals surface area contributed by atoms with Crippen LogP contribution in [0.15, 0.2) is 0 Å². The molecular weight excluding hydrogens is 218 g/mol. The molecule has 0 spiro atoms. The summed E-state index contributed by atoms with van der Waals surface area (Å²) in [4.78, 5) is 4.75. The Bertz CT molecular complexity index is 121. The number of hydrogen-bond acceptors (Lipinski definition) is 3. The van der Waals surface area contributed by atoms with Crippen molar-refractivity contribution in [2.45, 2.75) is 0 Å². The Morgan fingerprint density at radius 1 is 1.17 bits per heavy atom. The predicted octanol–water partition coefficient (Wildman–Crippen LogP) is 0.475. The summed E-state index contributed by atoms with van der Waals surface area (Å²) in [5.74, 6) is 0. The van der Waals surface area contributed by atoms with Crippen LogP contribution < -0.4 is 0 Å². The summed E-state index contributed by atoms with van der Waals surface area (Å²) in [5.41, 5.74) is 0. The topological polar surface area (TPSA) is 9.72 Å². The van der Waals surface area contributed by atoms with Gasteiger partial charge >= 0.3 is 0 Å². The van der Waals surface area contributed by atoms with Crippen molar-refractivity contribution < 1.29 is 0 Å². The van der Waals surface area contributed by atoms with Gasteiger partial charge in [-0.05, 0) is 14.1 Å². The highest BCUT2D eigenvalue weighted by molar-refractivity contribution is 9.07. The van der Waals surface area contributed by atoms with Gasteiger partial charge in [-0.3, -0.25) is 4.90 Å². The van der Waals surface area contributed by atoms with E-state index >= 15 is 0 Å². The van der Waals surface area contributed by atoms with Gasteiger partial charge in [-0.2, -0.15) is 0 Å². The van der Waals surface area contributed by atoms with Gasteiger partial charge < -0.3 is 4.90 Å².